The molecule has 1 heterocycles. The molecule has 2 rings (SSSR count). The van der Waals surface area contributed by atoms with E-state index in [9.17, 15) is 8.42 Å². The molecular weight excluding hydrogens is 320 g/mol. The van der Waals surface area contributed by atoms with Crippen LogP contribution in [-0.2, 0) is 10.0 Å². The summed E-state index contributed by atoms with van der Waals surface area (Å²) in [6.07, 6.45) is 3.17. The third-order valence-corrected chi connectivity index (χ3v) is 6.00. The van der Waals surface area contributed by atoms with Gasteiger partial charge in [0.25, 0.3) is 10.0 Å². The van der Waals surface area contributed by atoms with Crippen molar-refractivity contribution in [1.82, 2.24) is 4.98 Å². The van der Waals surface area contributed by atoms with Gasteiger partial charge in [0.1, 0.15) is 0 Å². The van der Waals surface area contributed by atoms with E-state index in [2.05, 4.69) is 4.98 Å². The molecule has 0 saturated heterocycles. The summed E-state index contributed by atoms with van der Waals surface area (Å²) in [7, 11) is -2.02. The molecule has 2 aromatic rings. The van der Waals surface area contributed by atoms with Gasteiger partial charge < -0.3 is 0 Å². The van der Waals surface area contributed by atoms with Gasteiger partial charge in [-0.3, -0.25) is 9.29 Å². The quantitative estimate of drug-likeness (QED) is 0.858. The first kappa shape index (κ1) is 18.5. The maximum atomic E-state index is 13.0. The Balaban J connectivity index is 0.00000242. The Hall–Kier alpha value is -1.59. The number of aryl methyl sites for hydroxylation is 2. The van der Waals surface area contributed by atoms with Gasteiger partial charge in [0, 0.05) is 19.4 Å². The van der Waals surface area contributed by atoms with Gasteiger partial charge in [-0.05, 0) is 62.1 Å². The molecule has 1 aromatic carbocycles. The van der Waals surface area contributed by atoms with Crippen molar-refractivity contribution in [3.8, 4) is 0 Å². The smallest absolute Gasteiger partial charge is 0.264 e. The van der Waals surface area contributed by atoms with Gasteiger partial charge in [0.15, 0.2) is 0 Å². The average Bonchev–Trinajstić information content (AvgIpc) is 2.45. The highest BCUT2D eigenvalue weighted by Gasteiger charge is 2.26. The molecule has 0 aliphatic carbocycles. The molecule has 0 atom stereocenters. The zero-order chi connectivity index (χ0) is 15.8. The van der Waals surface area contributed by atoms with E-state index in [1.807, 2.05) is 33.8 Å². The van der Waals surface area contributed by atoms with Gasteiger partial charge in [-0.1, -0.05) is 6.07 Å². The lowest BCUT2D eigenvalue weighted by Crippen LogP contribution is -2.28. The van der Waals surface area contributed by atoms with Gasteiger partial charge in [-0.15, -0.1) is 12.4 Å². The second kappa shape index (κ2) is 6.67. The summed E-state index contributed by atoms with van der Waals surface area (Å²) in [5, 5.41) is 0. The van der Waals surface area contributed by atoms with E-state index in [4.69, 9.17) is 0 Å². The molecule has 4 nitrogen and oxygen atoms in total. The zero-order valence-electron chi connectivity index (χ0n) is 13.4. The highest BCUT2D eigenvalue weighted by atomic mass is 35.5. The fourth-order valence-electron chi connectivity index (χ4n) is 2.40. The summed E-state index contributed by atoms with van der Waals surface area (Å²) in [5.41, 5.74) is 4.18. The number of hydrogen-bond donors (Lipinski definition) is 0. The first-order valence-electron chi connectivity index (χ1n) is 6.73. The molecule has 120 valence electrons. The van der Waals surface area contributed by atoms with E-state index in [0.717, 1.165) is 22.3 Å². The van der Waals surface area contributed by atoms with Crippen LogP contribution in [0.3, 0.4) is 0 Å². The normalized spacial score (nSPS) is 11.0. The van der Waals surface area contributed by atoms with Crippen molar-refractivity contribution in [2.75, 3.05) is 11.4 Å². The van der Waals surface area contributed by atoms with Crippen molar-refractivity contribution in [1.29, 1.82) is 0 Å². The number of sulfonamides is 1. The first-order chi connectivity index (χ1) is 9.76. The van der Waals surface area contributed by atoms with Gasteiger partial charge in [0.2, 0.25) is 0 Å². The highest BCUT2D eigenvalue weighted by molar-refractivity contribution is 7.92. The van der Waals surface area contributed by atoms with Crippen molar-refractivity contribution in [2.24, 2.45) is 0 Å². The maximum absolute atomic E-state index is 13.0. The van der Waals surface area contributed by atoms with E-state index in [1.165, 1.54) is 4.31 Å². The van der Waals surface area contributed by atoms with Crippen molar-refractivity contribution in [2.45, 2.75) is 32.6 Å². The summed E-state index contributed by atoms with van der Waals surface area (Å²) >= 11 is 0. The second-order valence-electron chi connectivity index (χ2n) is 5.27. The van der Waals surface area contributed by atoms with E-state index in [1.54, 1.807) is 31.6 Å². The van der Waals surface area contributed by atoms with Crippen LogP contribution in [0.2, 0.25) is 0 Å². The van der Waals surface area contributed by atoms with E-state index >= 15 is 0 Å². The molecule has 0 unspecified atom stereocenters. The number of pyridine rings is 1. The molecular formula is C16H21ClN2O2S. The monoisotopic (exact) mass is 340 g/mol. The topological polar surface area (TPSA) is 50.3 Å². The molecule has 0 amide bonds. The Kier molecular flexibility index (Phi) is 5.59. The minimum atomic E-state index is -3.59. The maximum Gasteiger partial charge on any atom is 0.264 e. The van der Waals surface area contributed by atoms with E-state index in [-0.39, 0.29) is 12.4 Å². The minimum absolute atomic E-state index is 0. The molecule has 0 aliphatic heterocycles. The van der Waals surface area contributed by atoms with Crippen LogP contribution in [0, 0.1) is 27.7 Å². The predicted octanol–water partition coefficient (Wildman–Crippen LogP) is 3.56. The highest BCUT2D eigenvalue weighted by Crippen LogP contribution is 2.30. The van der Waals surface area contributed by atoms with Gasteiger partial charge in [-0.25, -0.2) is 8.42 Å². The summed E-state index contributed by atoms with van der Waals surface area (Å²) in [6.45, 7) is 7.59. The predicted molar refractivity (Wildman–Crippen MR) is 92.5 cm³/mol. The molecule has 0 radical (unpaired) electrons. The molecule has 1 aromatic heterocycles. The van der Waals surface area contributed by atoms with Crippen LogP contribution >= 0.6 is 12.4 Å². The largest absolute Gasteiger partial charge is 0.269 e. The molecule has 0 spiro atoms. The number of benzene rings is 1. The van der Waals surface area contributed by atoms with E-state index < -0.39 is 10.0 Å². The van der Waals surface area contributed by atoms with Crippen LogP contribution in [0.15, 0.2) is 35.5 Å². The molecule has 0 saturated carbocycles. The lowest BCUT2D eigenvalue weighted by molar-refractivity contribution is 0.593. The summed E-state index contributed by atoms with van der Waals surface area (Å²) in [4.78, 5) is 4.33. The van der Waals surface area contributed by atoms with Gasteiger partial charge in [-0.2, -0.15) is 0 Å². The average molecular weight is 341 g/mol. The second-order valence-corrected chi connectivity index (χ2v) is 7.17. The number of anilines is 1. The molecule has 0 bridgehead atoms. The Labute approximate surface area is 138 Å². The standard InChI is InChI=1S/C16H20N2O2S.ClH/c1-11-10-12(2)14(4)16(13(11)3)21(19,20)18(5)15-6-8-17-9-7-15;/h6-10H,1-5H3;1H. The van der Waals surface area contributed by atoms with Crippen molar-refractivity contribution < 1.29 is 8.42 Å². The minimum Gasteiger partial charge on any atom is -0.269 e. The van der Waals surface area contributed by atoms with Crippen LogP contribution in [0.4, 0.5) is 5.69 Å². The van der Waals surface area contributed by atoms with Crippen LogP contribution in [-0.4, -0.2) is 20.4 Å². The molecule has 0 N–H and O–H groups in total. The Bertz CT molecular complexity index is 748. The van der Waals surface area contributed by atoms with Crippen LogP contribution in [0.1, 0.15) is 22.3 Å². The van der Waals surface area contributed by atoms with Gasteiger partial charge in [0.05, 0.1) is 10.6 Å². The van der Waals surface area contributed by atoms with Crippen LogP contribution in [0.25, 0.3) is 0 Å². The third kappa shape index (κ3) is 3.10. The lowest BCUT2D eigenvalue weighted by Gasteiger charge is -2.23. The molecule has 0 fully saturated rings. The Morgan fingerprint density at radius 2 is 1.41 bits per heavy atom. The summed E-state index contributed by atoms with van der Waals surface area (Å²) < 4.78 is 27.3. The number of aromatic nitrogens is 1. The van der Waals surface area contributed by atoms with Crippen molar-refractivity contribution in [3.05, 3.63) is 52.8 Å². The Morgan fingerprint density at radius 1 is 0.955 bits per heavy atom. The number of halogens is 1. The fraction of sp³-hybridized carbons (Fsp3) is 0.312. The van der Waals surface area contributed by atoms with Gasteiger partial charge >= 0.3 is 0 Å². The number of hydrogen-bond acceptors (Lipinski definition) is 3. The Morgan fingerprint density at radius 3 is 1.86 bits per heavy atom. The molecule has 6 heteroatoms. The first-order valence-corrected chi connectivity index (χ1v) is 8.17. The SMILES string of the molecule is Cc1cc(C)c(C)c(S(=O)(=O)N(C)c2ccncc2)c1C.Cl. The summed E-state index contributed by atoms with van der Waals surface area (Å²) in [6, 6.07) is 5.39. The van der Waals surface area contributed by atoms with Crippen molar-refractivity contribution in [3.63, 3.8) is 0 Å². The van der Waals surface area contributed by atoms with Crippen molar-refractivity contribution >= 4 is 28.1 Å². The fourth-order valence-corrected chi connectivity index (χ4v) is 4.17. The zero-order valence-corrected chi connectivity index (χ0v) is 15.0. The number of rotatable bonds is 3. The van der Waals surface area contributed by atoms with Crippen LogP contribution in [0.5, 0.6) is 0 Å². The summed E-state index contributed by atoms with van der Waals surface area (Å²) in [5.74, 6) is 0. The third-order valence-electron chi connectivity index (χ3n) is 3.94. The number of nitrogens with zero attached hydrogens (tertiary/aromatic N) is 2. The van der Waals surface area contributed by atoms with Crippen LogP contribution < -0.4 is 4.31 Å². The van der Waals surface area contributed by atoms with E-state index in [0.29, 0.717) is 10.6 Å². The molecule has 22 heavy (non-hydrogen) atoms. The molecule has 0 aliphatic rings. The lowest BCUT2D eigenvalue weighted by atomic mass is 10.0.